The van der Waals surface area contributed by atoms with Gasteiger partial charge in [0.2, 0.25) is 0 Å². The smallest absolute Gasteiger partial charge is 0.179 e. The van der Waals surface area contributed by atoms with E-state index in [4.69, 9.17) is 20.8 Å². The summed E-state index contributed by atoms with van der Waals surface area (Å²) in [6.45, 7) is 0. The van der Waals surface area contributed by atoms with Crippen LogP contribution in [0.3, 0.4) is 0 Å². The van der Waals surface area contributed by atoms with Gasteiger partial charge in [0, 0.05) is 16.0 Å². The first-order valence-corrected chi connectivity index (χ1v) is 9.04. The lowest BCUT2D eigenvalue weighted by atomic mass is 10.3. The molecule has 0 bridgehead atoms. The molecule has 122 valence electrons. The van der Waals surface area contributed by atoms with Crippen LogP contribution in [-0.2, 0) is 0 Å². The van der Waals surface area contributed by atoms with E-state index in [-0.39, 0.29) is 0 Å². The van der Waals surface area contributed by atoms with Gasteiger partial charge in [0.05, 0.1) is 17.8 Å². The first-order valence-electron chi connectivity index (χ1n) is 7.05. The molecule has 6 heteroatoms. The summed E-state index contributed by atoms with van der Waals surface area (Å²) in [6, 6.07) is 17.1. The number of halogens is 2. The standard InChI is InChI=1S/C18H13BrClNO2S/c1-22-17-5-3-2-4-16(17)21-11-13-10-15(19)18(23-13)24-14-8-6-12(20)7-9-14/h2-11H,1H3. The highest BCUT2D eigenvalue weighted by atomic mass is 79.9. The number of nitrogens with zero attached hydrogens (tertiary/aromatic N) is 1. The van der Waals surface area contributed by atoms with Crippen LogP contribution in [0, 0.1) is 0 Å². The zero-order valence-corrected chi connectivity index (χ0v) is 15.9. The molecule has 24 heavy (non-hydrogen) atoms. The van der Waals surface area contributed by atoms with Crippen molar-refractivity contribution in [2.75, 3.05) is 7.11 Å². The molecule has 0 radical (unpaired) electrons. The van der Waals surface area contributed by atoms with Crippen LogP contribution >= 0.6 is 39.3 Å². The molecule has 0 fully saturated rings. The SMILES string of the molecule is COc1ccccc1N=Cc1cc(Br)c(Sc2ccc(Cl)cc2)o1. The van der Waals surface area contributed by atoms with Crippen molar-refractivity contribution in [2.45, 2.75) is 9.99 Å². The quantitative estimate of drug-likeness (QED) is 0.434. The molecule has 0 atom stereocenters. The van der Waals surface area contributed by atoms with Gasteiger partial charge in [0.15, 0.2) is 5.09 Å². The van der Waals surface area contributed by atoms with Crippen LogP contribution in [-0.4, -0.2) is 13.3 Å². The van der Waals surface area contributed by atoms with Gasteiger partial charge in [0.1, 0.15) is 17.2 Å². The molecule has 0 aliphatic heterocycles. The molecule has 3 nitrogen and oxygen atoms in total. The van der Waals surface area contributed by atoms with E-state index in [9.17, 15) is 0 Å². The minimum absolute atomic E-state index is 0.657. The maximum absolute atomic E-state index is 5.90. The predicted molar refractivity (Wildman–Crippen MR) is 102 cm³/mol. The van der Waals surface area contributed by atoms with Gasteiger partial charge >= 0.3 is 0 Å². The number of aliphatic imine (C=N–C) groups is 1. The lowest BCUT2D eigenvalue weighted by molar-refractivity contribution is 0.416. The number of benzene rings is 2. The Morgan fingerprint density at radius 2 is 1.92 bits per heavy atom. The summed E-state index contributed by atoms with van der Waals surface area (Å²) in [5.74, 6) is 1.37. The van der Waals surface area contributed by atoms with Crippen LogP contribution in [0.5, 0.6) is 5.75 Å². The third-order valence-corrected chi connectivity index (χ3v) is 5.21. The molecule has 0 amide bonds. The van der Waals surface area contributed by atoms with Crippen molar-refractivity contribution in [3.8, 4) is 5.75 Å². The summed E-state index contributed by atoms with van der Waals surface area (Å²) in [6.07, 6.45) is 1.68. The fraction of sp³-hybridized carbons (Fsp3) is 0.0556. The van der Waals surface area contributed by atoms with Crippen molar-refractivity contribution < 1.29 is 9.15 Å². The summed E-state index contributed by atoms with van der Waals surface area (Å²) in [5, 5.41) is 1.47. The summed E-state index contributed by atoms with van der Waals surface area (Å²) in [7, 11) is 1.62. The van der Waals surface area contributed by atoms with Gasteiger partial charge in [0.25, 0.3) is 0 Å². The first kappa shape index (κ1) is 17.1. The van der Waals surface area contributed by atoms with Crippen molar-refractivity contribution in [2.24, 2.45) is 4.99 Å². The van der Waals surface area contributed by atoms with Crippen LogP contribution in [0.15, 0.2) is 78.5 Å². The second-order valence-corrected chi connectivity index (χ2v) is 7.11. The Bertz CT molecular complexity index is 862. The van der Waals surface area contributed by atoms with Crippen molar-refractivity contribution in [1.82, 2.24) is 0 Å². The van der Waals surface area contributed by atoms with Crippen LogP contribution < -0.4 is 4.74 Å². The van der Waals surface area contributed by atoms with E-state index in [1.807, 2.05) is 54.6 Å². The van der Waals surface area contributed by atoms with E-state index in [1.54, 1.807) is 13.3 Å². The van der Waals surface area contributed by atoms with E-state index in [2.05, 4.69) is 20.9 Å². The molecule has 0 N–H and O–H groups in total. The number of para-hydroxylation sites is 2. The van der Waals surface area contributed by atoms with Gasteiger partial charge in [-0.1, -0.05) is 35.5 Å². The Hall–Kier alpha value is -1.69. The Kier molecular flexibility index (Phi) is 5.66. The largest absolute Gasteiger partial charge is 0.494 e. The number of hydrogen-bond acceptors (Lipinski definition) is 4. The Morgan fingerprint density at radius 3 is 2.67 bits per heavy atom. The van der Waals surface area contributed by atoms with Gasteiger partial charge < -0.3 is 9.15 Å². The predicted octanol–water partition coefficient (Wildman–Crippen LogP) is 6.61. The number of methoxy groups -OCH3 is 1. The van der Waals surface area contributed by atoms with E-state index < -0.39 is 0 Å². The molecule has 0 spiro atoms. The number of ether oxygens (including phenoxy) is 1. The third kappa shape index (κ3) is 4.23. The lowest BCUT2D eigenvalue weighted by Gasteiger charge is -2.02. The minimum atomic E-state index is 0.657. The highest BCUT2D eigenvalue weighted by Gasteiger charge is 2.10. The maximum Gasteiger partial charge on any atom is 0.179 e. The molecule has 1 aromatic heterocycles. The normalized spacial score (nSPS) is 11.1. The van der Waals surface area contributed by atoms with Crippen LogP contribution in [0.2, 0.25) is 5.02 Å². The van der Waals surface area contributed by atoms with Gasteiger partial charge in [-0.15, -0.1) is 0 Å². The second-order valence-electron chi connectivity index (χ2n) is 4.77. The van der Waals surface area contributed by atoms with Crippen LogP contribution in [0.1, 0.15) is 5.76 Å². The topological polar surface area (TPSA) is 34.7 Å². The highest BCUT2D eigenvalue weighted by Crippen LogP contribution is 2.36. The van der Waals surface area contributed by atoms with Crippen molar-refractivity contribution in [1.29, 1.82) is 0 Å². The first-order chi connectivity index (χ1) is 11.7. The molecule has 3 aromatic rings. The molecule has 0 saturated heterocycles. The van der Waals surface area contributed by atoms with Gasteiger partial charge in [-0.05, 0) is 52.3 Å². The van der Waals surface area contributed by atoms with Gasteiger partial charge in [-0.25, -0.2) is 4.99 Å². The van der Waals surface area contributed by atoms with Crippen molar-refractivity contribution in [3.05, 3.63) is 69.9 Å². The summed E-state index contributed by atoms with van der Waals surface area (Å²) in [5.41, 5.74) is 0.749. The van der Waals surface area contributed by atoms with Crippen molar-refractivity contribution in [3.63, 3.8) is 0 Å². The van der Waals surface area contributed by atoms with Gasteiger partial charge in [-0.2, -0.15) is 0 Å². The van der Waals surface area contributed by atoms with Crippen LogP contribution in [0.4, 0.5) is 5.69 Å². The Morgan fingerprint density at radius 1 is 1.17 bits per heavy atom. The average Bonchev–Trinajstić information content (AvgIpc) is 2.95. The van der Waals surface area contributed by atoms with E-state index >= 15 is 0 Å². The molecule has 3 rings (SSSR count). The van der Waals surface area contributed by atoms with E-state index in [0.717, 1.165) is 25.9 Å². The maximum atomic E-state index is 5.90. The highest BCUT2D eigenvalue weighted by molar-refractivity contribution is 9.10. The third-order valence-electron chi connectivity index (χ3n) is 3.11. The molecule has 0 aliphatic rings. The molecule has 1 heterocycles. The van der Waals surface area contributed by atoms with E-state index in [0.29, 0.717) is 10.8 Å². The fourth-order valence-electron chi connectivity index (χ4n) is 1.98. The average molecular weight is 423 g/mol. The Labute approximate surface area is 157 Å². The number of hydrogen-bond donors (Lipinski definition) is 0. The zero-order valence-electron chi connectivity index (χ0n) is 12.7. The Balaban J connectivity index is 1.78. The fourth-order valence-corrected chi connectivity index (χ4v) is 3.44. The second kappa shape index (κ2) is 7.92. The monoisotopic (exact) mass is 421 g/mol. The molecule has 0 unspecified atom stereocenters. The molecule has 0 aliphatic carbocycles. The van der Waals surface area contributed by atoms with Crippen molar-refractivity contribution >= 4 is 51.2 Å². The molecule has 2 aromatic carbocycles. The summed E-state index contributed by atoms with van der Waals surface area (Å²) >= 11 is 10.9. The summed E-state index contributed by atoms with van der Waals surface area (Å²) in [4.78, 5) is 5.47. The number of furan rings is 1. The molecular weight excluding hydrogens is 410 g/mol. The number of rotatable bonds is 5. The van der Waals surface area contributed by atoms with E-state index in [1.165, 1.54) is 11.8 Å². The van der Waals surface area contributed by atoms with Crippen LogP contribution in [0.25, 0.3) is 0 Å². The molecule has 0 saturated carbocycles. The minimum Gasteiger partial charge on any atom is -0.494 e. The summed E-state index contributed by atoms with van der Waals surface area (Å²) < 4.78 is 12.0. The lowest BCUT2D eigenvalue weighted by Crippen LogP contribution is -1.83. The molecular formula is C18H13BrClNO2S. The zero-order chi connectivity index (χ0) is 16.9. The van der Waals surface area contributed by atoms with Gasteiger partial charge in [-0.3, -0.25) is 0 Å².